The Balaban J connectivity index is 1.74. The minimum atomic E-state index is -1.09. The maximum atomic E-state index is 12.0. The fraction of sp³-hybridized carbons (Fsp3) is 0.526. The number of nitrogens with one attached hydrogen (secondary N) is 2. The van der Waals surface area contributed by atoms with Crippen LogP contribution in [0.15, 0.2) is 24.3 Å². The van der Waals surface area contributed by atoms with Crippen LogP contribution in [-0.4, -0.2) is 42.1 Å². The Labute approximate surface area is 153 Å². The van der Waals surface area contributed by atoms with Crippen LogP contribution in [0.3, 0.4) is 0 Å². The molecule has 1 atom stereocenters. The van der Waals surface area contributed by atoms with Crippen LogP contribution in [0.2, 0.25) is 0 Å². The predicted octanol–water partition coefficient (Wildman–Crippen LogP) is 2.42. The van der Waals surface area contributed by atoms with Crippen molar-refractivity contribution in [1.29, 1.82) is 0 Å². The van der Waals surface area contributed by atoms with Crippen LogP contribution in [0.4, 0.5) is 5.69 Å². The summed E-state index contributed by atoms with van der Waals surface area (Å²) >= 11 is 0. The van der Waals surface area contributed by atoms with Crippen molar-refractivity contribution in [3.05, 3.63) is 29.8 Å². The number of amides is 2. The second-order valence-electron chi connectivity index (χ2n) is 6.61. The Kier molecular flexibility index (Phi) is 7.59. The van der Waals surface area contributed by atoms with Gasteiger partial charge in [-0.1, -0.05) is 0 Å². The van der Waals surface area contributed by atoms with Crippen molar-refractivity contribution in [1.82, 2.24) is 5.32 Å². The topological polar surface area (TPSA) is 105 Å². The molecule has 1 unspecified atom stereocenters. The maximum absolute atomic E-state index is 12.0. The zero-order valence-corrected chi connectivity index (χ0v) is 15.0. The second-order valence-corrected chi connectivity index (χ2v) is 6.61. The molecule has 0 aliphatic carbocycles. The zero-order chi connectivity index (χ0) is 18.9. The van der Waals surface area contributed by atoms with Crippen molar-refractivity contribution in [3.8, 4) is 0 Å². The molecular formula is C19H26N2O5. The van der Waals surface area contributed by atoms with E-state index in [1.807, 2.05) is 0 Å². The Morgan fingerprint density at radius 2 is 1.85 bits per heavy atom. The molecule has 26 heavy (non-hydrogen) atoms. The van der Waals surface area contributed by atoms with Gasteiger partial charge in [0, 0.05) is 30.9 Å². The number of carbonyl (C=O) groups is 3. The van der Waals surface area contributed by atoms with E-state index < -0.39 is 17.9 Å². The molecule has 0 radical (unpaired) electrons. The molecule has 1 aliphatic rings. The molecule has 7 heteroatoms. The summed E-state index contributed by atoms with van der Waals surface area (Å²) in [5, 5.41) is 14.0. The van der Waals surface area contributed by atoms with E-state index >= 15 is 0 Å². The molecule has 142 valence electrons. The lowest BCUT2D eigenvalue weighted by atomic mass is 9.94. The van der Waals surface area contributed by atoms with Crippen molar-refractivity contribution in [3.63, 3.8) is 0 Å². The number of aliphatic carboxylic acids is 1. The Bertz CT molecular complexity index is 623. The van der Waals surface area contributed by atoms with E-state index in [9.17, 15) is 14.4 Å². The number of ether oxygens (including phenoxy) is 1. The van der Waals surface area contributed by atoms with Crippen LogP contribution in [0.1, 0.15) is 49.4 Å². The fourth-order valence-electron chi connectivity index (χ4n) is 2.86. The third-order valence-corrected chi connectivity index (χ3v) is 4.51. The summed E-state index contributed by atoms with van der Waals surface area (Å²) < 4.78 is 5.33. The quantitative estimate of drug-likeness (QED) is 0.659. The SMILES string of the molecule is CC(NC(=O)c1ccc(NC(=O)CCCC2CCOCC2)cc1)C(=O)O. The molecule has 0 aromatic heterocycles. The van der Waals surface area contributed by atoms with E-state index in [1.165, 1.54) is 6.92 Å². The number of benzene rings is 1. The highest BCUT2D eigenvalue weighted by molar-refractivity contribution is 5.97. The summed E-state index contributed by atoms with van der Waals surface area (Å²) in [5.74, 6) is -0.950. The minimum absolute atomic E-state index is 0.0474. The van der Waals surface area contributed by atoms with Crippen molar-refractivity contribution >= 4 is 23.5 Å². The van der Waals surface area contributed by atoms with Gasteiger partial charge in [-0.2, -0.15) is 0 Å². The van der Waals surface area contributed by atoms with Gasteiger partial charge in [0.2, 0.25) is 5.91 Å². The second kappa shape index (κ2) is 9.91. The number of rotatable bonds is 8. The first-order valence-corrected chi connectivity index (χ1v) is 8.97. The third-order valence-electron chi connectivity index (χ3n) is 4.51. The molecule has 1 fully saturated rings. The normalized spacial score (nSPS) is 15.9. The lowest BCUT2D eigenvalue weighted by Gasteiger charge is -2.21. The molecule has 1 aliphatic heterocycles. The molecule has 1 aromatic carbocycles. The molecular weight excluding hydrogens is 336 g/mol. The number of carboxylic acid groups (broad SMARTS) is 1. The number of hydrogen-bond donors (Lipinski definition) is 3. The van der Waals surface area contributed by atoms with Crippen molar-refractivity contribution < 1.29 is 24.2 Å². The number of hydrogen-bond acceptors (Lipinski definition) is 4. The Hall–Kier alpha value is -2.41. The molecule has 1 aromatic rings. The van der Waals surface area contributed by atoms with Gasteiger partial charge in [0.25, 0.3) is 5.91 Å². The van der Waals surface area contributed by atoms with Gasteiger partial charge in [-0.3, -0.25) is 14.4 Å². The average molecular weight is 362 g/mol. The predicted molar refractivity (Wildman–Crippen MR) is 97.0 cm³/mol. The van der Waals surface area contributed by atoms with Crippen molar-refractivity contribution in [2.75, 3.05) is 18.5 Å². The highest BCUT2D eigenvalue weighted by atomic mass is 16.5. The van der Waals surface area contributed by atoms with E-state index in [4.69, 9.17) is 9.84 Å². The molecule has 2 rings (SSSR count). The molecule has 1 heterocycles. The Morgan fingerprint density at radius 3 is 2.46 bits per heavy atom. The van der Waals surface area contributed by atoms with Gasteiger partial charge in [0.15, 0.2) is 0 Å². The zero-order valence-electron chi connectivity index (χ0n) is 15.0. The van der Waals surface area contributed by atoms with Crippen molar-refractivity contribution in [2.45, 2.75) is 45.1 Å². The lowest BCUT2D eigenvalue weighted by Crippen LogP contribution is -2.38. The van der Waals surface area contributed by atoms with Gasteiger partial charge in [-0.25, -0.2) is 0 Å². The highest BCUT2D eigenvalue weighted by Gasteiger charge is 2.16. The van der Waals surface area contributed by atoms with Gasteiger partial charge in [-0.15, -0.1) is 0 Å². The lowest BCUT2D eigenvalue weighted by molar-refractivity contribution is -0.138. The molecule has 3 N–H and O–H groups in total. The average Bonchev–Trinajstić information content (AvgIpc) is 2.63. The summed E-state index contributed by atoms with van der Waals surface area (Å²) in [4.78, 5) is 34.7. The van der Waals surface area contributed by atoms with E-state index in [-0.39, 0.29) is 5.91 Å². The van der Waals surface area contributed by atoms with E-state index in [0.29, 0.717) is 23.6 Å². The molecule has 7 nitrogen and oxygen atoms in total. The van der Waals surface area contributed by atoms with Crippen LogP contribution in [0, 0.1) is 5.92 Å². The van der Waals surface area contributed by atoms with Gasteiger partial charge >= 0.3 is 5.97 Å². The summed E-state index contributed by atoms with van der Waals surface area (Å²) in [5.41, 5.74) is 0.958. The van der Waals surface area contributed by atoms with Crippen LogP contribution in [0.25, 0.3) is 0 Å². The molecule has 1 saturated heterocycles. The van der Waals surface area contributed by atoms with Crippen LogP contribution < -0.4 is 10.6 Å². The Morgan fingerprint density at radius 1 is 1.19 bits per heavy atom. The highest BCUT2D eigenvalue weighted by Crippen LogP contribution is 2.21. The summed E-state index contributed by atoms with van der Waals surface area (Å²) in [7, 11) is 0. The first kappa shape index (κ1) is 19.9. The van der Waals surface area contributed by atoms with Gasteiger partial charge in [-0.05, 0) is 62.8 Å². The fourth-order valence-corrected chi connectivity index (χ4v) is 2.86. The summed E-state index contributed by atoms with van der Waals surface area (Å²) in [6.07, 6.45) is 4.51. The number of anilines is 1. The molecule has 0 bridgehead atoms. The van der Waals surface area contributed by atoms with Crippen LogP contribution in [0.5, 0.6) is 0 Å². The number of carboxylic acids is 1. The van der Waals surface area contributed by atoms with Crippen LogP contribution >= 0.6 is 0 Å². The molecule has 2 amide bonds. The summed E-state index contributed by atoms with van der Waals surface area (Å²) in [6, 6.07) is 5.42. The minimum Gasteiger partial charge on any atom is -0.480 e. The molecule has 0 saturated carbocycles. The van der Waals surface area contributed by atoms with Crippen molar-refractivity contribution in [2.24, 2.45) is 5.92 Å². The monoisotopic (exact) mass is 362 g/mol. The largest absolute Gasteiger partial charge is 0.480 e. The first-order chi connectivity index (χ1) is 12.5. The first-order valence-electron chi connectivity index (χ1n) is 8.97. The molecule has 0 spiro atoms. The van der Waals surface area contributed by atoms with Gasteiger partial charge in [0.05, 0.1) is 0 Å². The number of carbonyl (C=O) groups excluding carboxylic acids is 2. The third kappa shape index (κ3) is 6.48. The maximum Gasteiger partial charge on any atom is 0.325 e. The summed E-state index contributed by atoms with van der Waals surface area (Å²) in [6.45, 7) is 3.04. The van der Waals surface area contributed by atoms with E-state index in [1.54, 1.807) is 24.3 Å². The van der Waals surface area contributed by atoms with Crippen LogP contribution in [-0.2, 0) is 14.3 Å². The standard InChI is InChI=1S/C19H26N2O5/c1-13(19(24)25)20-18(23)15-5-7-16(8-6-15)21-17(22)4-2-3-14-9-11-26-12-10-14/h5-8,13-14H,2-4,9-12H2,1H3,(H,20,23)(H,21,22)(H,24,25). The van der Waals surface area contributed by atoms with Gasteiger partial charge < -0.3 is 20.5 Å². The van der Waals surface area contributed by atoms with E-state index in [2.05, 4.69) is 10.6 Å². The van der Waals surface area contributed by atoms with E-state index in [0.717, 1.165) is 38.9 Å². The smallest absolute Gasteiger partial charge is 0.325 e. The van der Waals surface area contributed by atoms with Gasteiger partial charge in [0.1, 0.15) is 6.04 Å².